The molecule has 0 aromatic heterocycles. The van der Waals surface area contributed by atoms with Crippen molar-refractivity contribution < 1.29 is 19.1 Å². The first-order valence-corrected chi connectivity index (χ1v) is 17.9. The van der Waals surface area contributed by atoms with Crippen LogP contribution in [0.3, 0.4) is 0 Å². The van der Waals surface area contributed by atoms with Gasteiger partial charge >= 0.3 is 5.97 Å². The van der Waals surface area contributed by atoms with Crippen LogP contribution in [0.2, 0.25) is 0 Å². The third-order valence-corrected chi connectivity index (χ3v) is 8.51. The minimum Gasteiger partial charge on any atom is -0.462 e. The summed E-state index contributed by atoms with van der Waals surface area (Å²) in [5.74, 6) is 1.35. The molecular weight excluding hydrogens is 510 g/mol. The number of nitrogens with one attached hydrogen (secondary N) is 1. The number of ether oxygens (including phenoxy) is 2. The van der Waals surface area contributed by atoms with E-state index in [1.54, 1.807) is 7.11 Å². The van der Waals surface area contributed by atoms with Crippen LogP contribution in [-0.4, -0.2) is 45.2 Å². The van der Waals surface area contributed by atoms with E-state index in [1.165, 1.54) is 96.3 Å². The predicted octanol–water partition coefficient (Wildman–Crippen LogP) is 9.99. The number of carbonyl (C=O) groups is 2. The highest BCUT2D eigenvalue weighted by Crippen LogP contribution is 2.21. The molecule has 0 aromatic rings. The second kappa shape index (κ2) is 32.0. The van der Waals surface area contributed by atoms with E-state index in [0.29, 0.717) is 18.8 Å². The van der Waals surface area contributed by atoms with Crippen LogP contribution in [0.5, 0.6) is 0 Å². The molecule has 1 N–H and O–H groups in total. The van der Waals surface area contributed by atoms with Gasteiger partial charge in [0.2, 0.25) is 0 Å². The molecule has 5 heteroatoms. The zero-order valence-corrected chi connectivity index (χ0v) is 28.0. The topological polar surface area (TPSA) is 64.6 Å². The highest BCUT2D eigenvalue weighted by atomic mass is 16.5. The molecule has 2 atom stereocenters. The summed E-state index contributed by atoms with van der Waals surface area (Å²) < 4.78 is 11.1. The second-order valence-electron chi connectivity index (χ2n) is 12.5. The first-order valence-electron chi connectivity index (χ1n) is 17.9. The van der Waals surface area contributed by atoms with Gasteiger partial charge in [0.05, 0.1) is 0 Å². The minimum atomic E-state index is 0.0312. The molecule has 1 heterocycles. The number of aldehydes is 1. The zero-order valence-electron chi connectivity index (χ0n) is 28.0. The molecule has 41 heavy (non-hydrogen) atoms. The van der Waals surface area contributed by atoms with Gasteiger partial charge < -0.3 is 19.6 Å². The lowest BCUT2D eigenvalue weighted by atomic mass is 9.95. The molecule has 1 fully saturated rings. The van der Waals surface area contributed by atoms with Crippen molar-refractivity contribution in [2.75, 3.05) is 26.8 Å². The van der Waals surface area contributed by atoms with Gasteiger partial charge in [-0.2, -0.15) is 0 Å². The average Bonchev–Trinajstić information content (AvgIpc) is 2.97. The van der Waals surface area contributed by atoms with Gasteiger partial charge in [0.1, 0.15) is 12.4 Å². The van der Waals surface area contributed by atoms with Gasteiger partial charge in [0, 0.05) is 26.6 Å². The molecule has 2 unspecified atom stereocenters. The van der Waals surface area contributed by atoms with Crippen molar-refractivity contribution in [3.63, 3.8) is 0 Å². The Balaban J connectivity index is 0.00000122. The lowest BCUT2D eigenvalue weighted by Gasteiger charge is -2.23. The summed E-state index contributed by atoms with van der Waals surface area (Å²) in [6.07, 6.45) is 29.4. The fourth-order valence-corrected chi connectivity index (χ4v) is 5.90. The van der Waals surface area contributed by atoms with Gasteiger partial charge in [-0.05, 0) is 82.7 Å². The smallest absolute Gasteiger partial charge is 0.306 e. The van der Waals surface area contributed by atoms with Crippen LogP contribution in [0.15, 0.2) is 0 Å². The molecule has 0 radical (unpaired) electrons. The Morgan fingerprint density at radius 3 is 1.83 bits per heavy atom. The molecule has 1 saturated heterocycles. The Morgan fingerprint density at radius 2 is 1.29 bits per heavy atom. The molecule has 0 aliphatic carbocycles. The highest BCUT2D eigenvalue weighted by molar-refractivity contribution is 5.69. The Labute approximate surface area is 256 Å². The van der Waals surface area contributed by atoms with Gasteiger partial charge in [-0.15, -0.1) is 0 Å². The van der Waals surface area contributed by atoms with Gasteiger partial charge in [-0.3, -0.25) is 4.79 Å². The maximum Gasteiger partial charge on any atom is 0.306 e. The number of methoxy groups -OCH3 is 1. The van der Waals surface area contributed by atoms with Gasteiger partial charge in [-0.1, -0.05) is 104 Å². The second-order valence-corrected chi connectivity index (χ2v) is 12.5. The molecule has 1 rings (SSSR count). The first kappa shape index (κ1) is 40.1. The van der Waals surface area contributed by atoms with Crippen LogP contribution in [0.1, 0.15) is 175 Å². The molecule has 0 spiro atoms. The Bertz CT molecular complexity index is 544. The van der Waals surface area contributed by atoms with Crippen LogP contribution in [0.25, 0.3) is 0 Å². The van der Waals surface area contributed by atoms with Crippen LogP contribution in [0, 0.1) is 11.8 Å². The summed E-state index contributed by atoms with van der Waals surface area (Å²) in [6.45, 7) is 9.77. The minimum absolute atomic E-state index is 0.0312. The van der Waals surface area contributed by atoms with Gasteiger partial charge in [0.15, 0.2) is 0 Å². The van der Waals surface area contributed by atoms with Crippen molar-refractivity contribution in [1.82, 2.24) is 5.32 Å². The van der Waals surface area contributed by atoms with Gasteiger partial charge in [0.25, 0.3) is 0 Å². The van der Waals surface area contributed by atoms with E-state index in [9.17, 15) is 9.59 Å². The summed E-state index contributed by atoms with van der Waals surface area (Å²) in [7, 11) is 1.80. The quantitative estimate of drug-likeness (QED) is 0.0594. The SMILES string of the molecule is CCCCC(CCC)COC.CCCCCCCCCC(CCCCCCCCC=O)OC(=O)CC1CCNCC1. The van der Waals surface area contributed by atoms with Crippen LogP contribution < -0.4 is 5.32 Å². The van der Waals surface area contributed by atoms with E-state index in [2.05, 4.69) is 26.1 Å². The van der Waals surface area contributed by atoms with E-state index < -0.39 is 0 Å². The lowest BCUT2D eigenvalue weighted by molar-refractivity contribution is -0.151. The van der Waals surface area contributed by atoms with Crippen LogP contribution in [0.4, 0.5) is 0 Å². The lowest BCUT2D eigenvalue weighted by Crippen LogP contribution is -2.30. The van der Waals surface area contributed by atoms with E-state index >= 15 is 0 Å². The molecular formula is C36H71NO4. The Hall–Kier alpha value is -0.940. The first-order chi connectivity index (χ1) is 20.1. The summed E-state index contributed by atoms with van der Waals surface area (Å²) in [5.41, 5.74) is 0. The van der Waals surface area contributed by atoms with E-state index in [1.807, 2.05) is 0 Å². The average molecular weight is 582 g/mol. The maximum absolute atomic E-state index is 12.5. The number of unbranched alkanes of at least 4 members (excludes halogenated alkanes) is 13. The van der Waals surface area contributed by atoms with Crippen molar-refractivity contribution in [3.8, 4) is 0 Å². The zero-order chi connectivity index (χ0) is 30.2. The molecule has 0 aromatic carbocycles. The molecule has 0 bridgehead atoms. The van der Waals surface area contributed by atoms with Crippen molar-refractivity contribution in [3.05, 3.63) is 0 Å². The van der Waals surface area contributed by atoms with E-state index in [4.69, 9.17) is 9.47 Å². The number of piperidine rings is 1. The largest absolute Gasteiger partial charge is 0.462 e. The third kappa shape index (κ3) is 27.6. The predicted molar refractivity (Wildman–Crippen MR) is 175 cm³/mol. The molecule has 1 aliphatic rings. The third-order valence-electron chi connectivity index (χ3n) is 8.51. The van der Waals surface area contributed by atoms with Crippen molar-refractivity contribution in [2.24, 2.45) is 11.8 Å². The van der Waals surface area contributed by atoms with Crippen LogP contribution in [-0.2, 0) is 19.1 Å². The number of rotatable bonds is 27. The number of hydrogen-bond donors (Lipinski definition) is 1. The van der Waals surface area contributed by atoms with Crippen molar-refractivity contribution >= 4 is 12.3 Å². The number of hydrogen-bond acceptors (Lipinski definition) is 5. The van der Waals surface area contributed by atoms with Crippen LogP contribution >= 0.6 is 0 Å². The molecule has 0 saturated carbocycles. The summed E-state index contributed by atoms with van der Waals surface area (Å²) in [5, 5.41) is 3.37. The Kier molecular flexibility index (Phi) is 31.3. The molecule has 0 amide bonds. The summed E-state index contributed by atoms with van der Waals surface area (Å²) in [4.78, 5) is 22.9. The van der Waals surface area contributed by atoms with E-state index in [-0.39, 0.29) is 12.1 Å². The molecule has 244 valence electrons. The van der Waals surface area contributed by atoms with Crippen molar-refractivity contribution in [2.45, 2.75) is 181 Å². The van der Waals surface area contributed by atoms with E-state index in [0.717, 1.165) is 76.8 Å². The molecule has 5 nitrogen and oxygen atoms in total. The number of carbonyl (C=O) groups excluding carboxylic acids is 2. The standard InChI is InChI=1S/C26H49NO3.C10H22O/c1-2-3-4-5-7-10-13-16-25(17-14-11-8-6-9-12-15-22-28)30-26(29)23-24-18-20-27-21-19-24;1-4-6-8-10(7-5-2)9-11-3/h22,24-25,27H,2-21,23H2,1H3;10H,4-9H2,1-3H3. The number of esters is 1. The maximum atomic E-state index is 12.5. The molecule has 1 aliphatic heterocycles. The Morgan fingerprint density at radius 1 is 0.732 bits per heavy atom. The fraction of sp³-hybridized carbons (Fsp3) is 0.944. The summed E-state index contributed by atoms with van der Waals surface area (Å²) >= 11 is 0. The monoisotopic (exact) mass is 582 g/mol. The van der Waals surface area contributed by atoms with Crippen molar-refractivity contribution in [1.29, 1.82) is 0 Å². The summed E-state index contributed by atoms with van der Waals surface area (Å²) in [6, 6.07) is 0. The highest BCUT2D eigenvalue weighted by Gasteiger charge is 2.20. The normalized spacial score (nSPS) is 15.1. The van der Waals surface area contributed by atoms with Gasteiger partial charge in [-0.25, -0.2) is 0 Å². The fourth-order valence-electron chi connectivity index (χ4n) is 5.90.